The topological polar surface area (TPSA) is 152 Å². The van der Waals surface area contributed by atoms with Crippen molar-refractivity contribution in [2.45, 2.75) is 52.4 Å². The molecule has 0 saturated carbocycles. The van der Waals surface area contributed by atoms with Crippen LogP contribution in [0.15, 0.2) is 36.7 Å². The monoisotopic (exact) mass is 398 g/mol. The molecule has 2 aromatic heterocycles. The van der Waals surface area contributed by atoms with Gasteiger partial charge in [0.15, 0.2) is 0 Å². The molecule has 0 aromatic carbocycles. The molecule has 148 valence electrons. The van der Waals surface area contributed by atoms with Crippen LogP contribution in [0.2, 0.25) is 0 Å². The first-order valence-corrected chi connectivity index (χ1v) is 7.11. The first-order valence-electron chi connectivity index (χ1n) is 7.11. The van der Waals surface area contributed by atoms with Gasteiger partial charge in [-0.25, -0.2) is 0 Å². The summed E-state index contributed by atoms with van der Waals surface area (Å²) in [6.07, 6.45) is 3.75. The van der Waals surface area contributed by atoms with Crippen molar-refractivity contribution in [2.24, 2.45) is 0 Å². The van der Waals surface area contributed by atoms with Crippen molar-refractivity contribution in [1.29, 1.82) is 0 Å². The van der Waals surface area contributed by atoms with Crippen molar-refractivity contribution in [3.05, 3.63) is 47.8 Å². The molecule has 0 aliphatic heterocycles. The van der Waals surface area contributed by atoms with Crippen molar-refractivity contribution < 1.29 is 38.4 Å². The van der Waals surface area contributed by atoms with Crippen LogP contribution in [0.3, 0.4) is 0 Å². The molecule has 0 amide bonds. The Morgan fingerprint density at radius 1 is 0.600 bits per heavy atom. The maximum absolute atomic E-state index is 4.48. The predicted octanol–water partition coefficient (Wildman–Crippen LogP) is 1.44. The summed E-state index contributed by atoms with van der Waals surface area (Å²) in [4.78, 5) is 8.97. The van der Waals surface area contributed by atoms with Gasteiger partial charge < -0.3 is 21.9 Å². The Morgan fingerprint density at radius 2 is 0.880 bits per heavy atom. The minimum atomic E-state index is 0. The zero-order valence-corrected chi connectivity index (χ0v) is 16.7. The average Bonchev–Trinajstić information content (AvgIpc) is 2.37. The number of nitrogens with zero attached hydrogens (tertiary/aromatic N) is 2. The molecule has 0 fully saturated rings. The third-order valence-electron chi connectivity index (χ3n) is 3.51. The van der Waals surface area contributed by atoms with Crippen LogP contribution < -0.4 is 0 Å². The van der Waals surface area contributed by atoms with E-state index in [1.54, 1.807) is 0 Å². The summed E-state index contributed by atoms with van der Waals surface area (Å²) in [7, 11) is 0. The predicted molar refractivity (Wildman–Crippen MR) is 99.3 cm³/mol. The fraction of sp³-hybridized carbons (Fsp3) is 0.444. The van der Waals surface area contributed by atoms with Gasteiger partial charge in [0.25, 0.3) is 0 Å². The molecule has 0 unspecified atom stereocenters. The maximum Gasteiger partial charge on any atom is 0.0889 e. The van der Waals surface area contributed by atoms with E-state index < -0.39 is 0 Å². The first kappa shape index (κ1) is 31.4. The summed E-state index contributed by atoms with van der Waals surface area (Å²) in [6, 6.07) is 8.46. The number of aromatic nitrogens is 2. The molecular formula is C18H32N2NiO4. The summed E-state index contributed by atoms with van der Waals surface area (Å²) < 4.78 is 0. The van der Waals surface area contributed by atoms with Gasteiger partial charge in [0.05, 0.1) is 11.4 Å². The summed E-state index contributed by atoms with van der Waals surface area (Å²) in [5.74, 6) is 0. The van der Waals surface area contributed by atoms with Gasteiger partial charge >= 0.3 is 0 Å². The van der Waals surface area contributed by atoms with Gasteiger partial charge in [0, 0.05) is 28.9 Å². The van der Waals surface area contributed by atoms with E-state index in [4.69, 9.17) is 0 Å². The van der Waals surface area contributed by atoms with E-state index in [1.165, 1.54) is 11.1 Å². The van der Waals surface area contributed by atoms with Crippen LogP contribution in [0.1, 0.15) is 52.7 Å². The van der Waals surface area contributed by atoms with E-state index in [9.17, 15) is 0 Å². The van der Waals surface area contributed by atoms with Crippen LogP contribution in [0.5, 0.6) is 0 Å². The molecular weight excluding hydrogens is 367 g/mol. The third kappa shape index (κ3) is 8.03. The van der Waals surface area contributed by atoms with Gasteiger partial charge in [-0.2, -0.15) is 0 Å². The Balaban J connectivity index is -0.000000441. The smallest absolute Gasteiger partial charge is 0.0889 e. The summed E-state index contributed by atoms with van der Waals surface area (Å²) >= 11 is 0. The van der Waals surface area contributed by atoms with Gasteiger partial charge in [0.1, 0.15) is 0 Å². The largest absolute Gasteiger partial charge is 0.412 e. The van der Waals surface area contributed by atoms with E-state index in [0.717, 1.165) is 11.4 Å². The zero-order valence-electron chi connectivity index (χ0n) is 15.7. The minimum absolute atomic E-state index is 0. The second-order valence-electron chi connectivity index (χ2n) is 7.36. The molecule has 2 aromatic rings. The van der Waals surface area contributed by atoms with Crippen molar-refractivity contribution in [2.75, 3.05) is 0 Å². The number of hydrogen-bond acceptors (Lipinski definition) is 2. The SMILES string of the molecule is CC(C)(C)c1ccnc(-c2cc(C(C)(C)C)ccn2)c1.O.O.O.O.[Ni]. The van der Waals surface area contributed by atoms with Gasteiger partial charge in [-0.3, -0.25) is 9.97 Å². The van der Waals surface area contributed by atoms with Crippen molar-refractivity contribution in [3.63, 3.8) is 0 Å². The van der Waals surface area contributed by atoms with Crippen LogP contribution in [0, 0.1) is 0 Å². The Labute approximate surface area is 160 Å². The molecule has 2 rings (SSSR count). The third-order valence-corrected chi connectivity index (χ3v) is 3.51. The summed E-state index contributed by atoms with van der Waals surface area (Å²) in [6.45, 7) is 13.3. The molecule has 2 heterocycles. The molecule has 7 heteroatoms. The van der Waals surface area contributed by atoms with Gasteiger partial charge in [0.2, 0.25) is 0 Å². The molecule has 0 bridgehead atoms. The Bertz CT molecular complexity index is 567. The quantitative estimate of drug-likeness (QED) is 0.667. The van der Waals surface area contributed by atoms with Crippen molar-refractivity contribution in [3.8, 4) is 11.4 Å². The van der Waals surface area contributed by atoms with Crippen LogP contribution in [0.25, 0.3) is 11.4 Å². The minimum Gasteiger partial charge on any atom is -0.412 e. The fourth-order valence-electron chi connectivity index (χ4n) is 2.07. The molecule has 0 aliphatic carbocycles. The van der Waals surface area contributed by atoms with Crippen LogP contribution in [0.4, 0.5) is 0 Å². The normalized spacial score (nSPS) is 10.0. The zero-order chi connectivity index (χ0) is 15.0. The second-order valence-corrected chi connectivity index (χ2v) is 7.36. The Morgan fingerprint density at radius 3 is 1.12 bits per heavy atom. The number of hydrogen-bond donors (Lipinski definition) is 0. The molecule has 6 nitrogen and oxygen atoms in total. The van der Waals surface area contributed by atoms with Gasteiger partial charge in [-0.15, -0.1) is 0 Å². The second kappa shape index (κ2) is 11.3. The number of pyridine rings is 2. The molecule has 0 radical (unpaired) electrons. The van der Waals surface area contributed by atoms with Crippen LogP contribution in [-0.4, -0.2) is 31.9 Å². The average molecular weight is 399 g/mol. The molecule has 0 atom stereocenters. The van der Waals surface area contributed by atoms with Gasteiger partial charge in [-0.1, -0.05) is 41.5 Å². The number of rotatable bonds is 1. The van der Waals surface area contributed by atoms with Crippen LogP contribution in [-0.2, 0) is 27.3 Å². The van der Waals surface area contributed by atoms with E-state index in [2.05, 4.69) is 75.8 Å². The molecule has 0 spiro atoms. The van der Waals surface area contributed by atoms with Gasteiger partial charge in [-0.05, 0) is 46.2 Å². The Kier molecular flexibility index (Phi) is 14.2. The molecule has 0 aliphatic rings. The van der Waals surface area contributed by atoms with E-state index in [-0.39, 0.29) is 49.2 Å². The molecule has 0 saturated heterocycles. The van der Waals surface area contributed by atoms with Crippen molar-refractivity contribution >= 4 is 0 Å². The molecule has 8 N–H and O–H groups in total. The standard InChI is InChI=1S/C18H24N2.Ni.4H2O/c1-17(2,3)13-7-9-19-15(11-13)16-12-14(8-10-20-16)18(4,5)6;;;;;/h7-12H,1-6H3;;4*1H2. The van der Waals surface area contributed by atoms with E-state index in [0.29, 0.717) is 0 Å². The fourth-order valence-corrected chi connectivity index (χ4v) is 2.07. The van der Waals surface area contributed by atoms with E-state index >= 15 is 0 Å². The molecule has 25 heavy (non-hydrogen) atoms. The first-order chi connectivity index (χ1) is 9.18. The summed E-state index contributed by atoms with van der Waals surface area (Å²) in [5, 5.41) is 0. The van der Waals surface area contributed by atoms with Crippen molar-refractivity contribution in [1.82, 2.24) is 9.97 Å². The summed E-state index contributed by atoms with van der Waals surface area (Å²) in [5.41, 5.74) is 4.71. The maximum atomic E-state index is 4.48. The van der Waals surface area contributed by atoms with E-state index in [1.807, 2.05) is 12.4 Å². The van der Waals surface area contributed by atoms with Crippen LogP contribution >= 0.6 is 0 Å². The Hall–Kier alpha value is -1.37.